The molecule has 0 spiro atoms. The highest BCUT2D eigenvalue weighted by molar-refractivity contribution is 7.17. The third-order valence-electron chi connectivity index (χ3n) is 5.70. The van der Waals surface area contributed by atoms with Crippen molar-refractivity contribution in [1.82, 2.24) is 4.90 Å². The summed E-state index contributed by atoms with van der Waals surface area (Å²) in [4.78, 5) is 5.08. The lowest BCUT2D eigenvalue weighted by atomic mass is 10.2. The maximum Gasteiger partial charge on any atom is 0.142 e. The Hall–Kier alpha value is -2.44. The van der Waals surface area contributed by atoms with Gasteiger partial charge in [0.2, 0.25) is 0 Å². The van der Waals surface area contributed by atoms with E-state index in [0.29, 0.717) is 0 Å². The molecule has 1 N–H and O–H groups in total. The van der Waals surface area contributed by atoms with E-state index in [0.717, 1.165) is 76.1 Å². The van der Waals surface area contributed by atoms with Gasteiger partial charge in [0.05, 0.1) is 12.3 Å². The molecule has 1 saturated heterocycles. The highest BCUT2D eigenvalue weighted by Gasteiger charge is 2.18. The monoisotopic (exact) mass is 409 g/mol. The molecule has 0 bridgehead atoms. The first-order valence-corrected chi connectivity index (χ1v) is 11.3. The molecule has 2 aromatic carbocycles. The van der Waals surface area contributed by atoms with E-state index in [9.17, 15) is 0 Å². The molecule has 152 valence electrons. The summed E-state index contributed by atoms with van der Waals surface area (Å²) in [6.45, 7) is 7.81. The van der Waals surface area contributed by atoms with Crippen molar-refractivity contribution in [1.29, 1.82) is 0 Å². The molecular formula is C23H27N3O2S. The van der Waals surface area contributed by atoms with Crippen LogP contribution in [-0.4, -0.2) is 57.4 Å². The maximum atomic E-state index is 5.96. The highest BCUT2D eigenvalue weighted by atomic mass is 32.1. The Labute approximate surface area is 175 Å². The third-order valence-corrected chi connectivity index (χ3v) is 6.58. The molecule has 5 rings (SSSR count). The van der Waals surface area contributed by atoms with E-state index in [1.54, 1.807) is 0 Å². The second-order valence-corrected chi connectivity index (χ2v) is 8.52. The van der Waals surface area contributed by atoms with Gasteiger partial charge in [-0.3, -0.25) is 4.90 Å². The smallest absolute Gasteiger partial charge is 0.142 e. The minimum absolute atomic E-state index is 0.725. The number of nitrogens with one attached hydrogen (secondary N) is 1. The lowest BCUT2D eigenvalue weighted by Gasteiger charge is -2.36. The minimum Gasteiger partial charge on any atom is -0.493 e. The quantitative estimate of drug-likeness (QED) is 0.615. The van der Waals surface area contributed by atoms with Crippen LogP contribution >= 0.6 is 11.3 Å². The number of hydrogen-bond donors (Lipinski definition) is 1. The summed E-state index contributed by atoms with van der Waals surface area (Å²) in [7, 11) is 0. The fraction of sp³-hybridized carbons (Fsp3) is 0.391. The van der Waals surface area contributed by atoms with Crippen molar-refractivity contribution in [2.24, 2.45) is 0 Å². The van der Waals surface area contributed by atoms with Crippen LogP contribution in [0.15, 0.2) is 47.8 Å². The molecule has 1 fully saturated rings. The molecule has 1 aromatic heterocycles. The summed E-state index contributed by atoms with van der Waals surface area (Å²) in [6.07, 6.45) is 1.04. The highest BCUT2D eigenvalue weighted by Crippen LogP contribution is 2.32. The molecule has 3 heterocycles. The summed E-state index contributed by atoms with van der Waals surface area (Å²) in [5.74, 6) is 1.83. The van der Waals surface area contributed by atoms with Crippen molar-refractivity contribution in [3.05, 3.63) is 47.8 Å². The first-order chi connectivity index (χ1) is 14.4. The molecule has 0 saturated carbocycles. The lowest BCUT2D eigenvalue weighted by molar-refractivity contribution is 0.224. The number of anilines is 2. The van der Waals surface area contributed by atoms with Crippen LogP contribution in [0.5, 0.6) is 11.5 Å². The number of benzene rings is 2. The van der Waals surface area contributed by atoms with E-state index in [1.165, 1.54) is 15.8 Å². The Morgan fingerprint density at radius 2 is 2.00 bits per heavy atom. The number of ether oxygens (including phenoxy) is 2. The zero-order chi connectivity index (χ0) is 19.5. The molecule has 0 unspecified atom stereocenters. The van der Waals surface area contributed by atoms with Gasteiger partial charge in [0.15, 0.2) is 0 Å². The van der Waals surface area contributed by atoms with Gasteiger partial charge in [0.1, 0.15) is 18.1 Å². The number of piperazine rings is 1. The normalized spacial score (nSPS) is 16.9. The fourth-order valence-electron chi connectivity index (χ4n) is 4.15. The van der Waals surface area contributed by atoms with Crippen molar-refractivity contribution in [2.75, 3.05) is 62.7 Å². The van der Waals surface area contributed by atoms with Gasteiger partial charge < -0.3 is 19.7 Å². The Balaban J connectivity index is 1.07. The summed E-state index contributed by atoms with van der Waals surface area (Å²) >= 11 is 1.82. The number of rotatable bonds is 6. The Kier molecular flexibility index (Phi) is 5.45. The molecule has 0 amide bonds. The van der Waals surface area contributed by atoms with Crippen molar-refractivity contribution >= 4 is 32.8 Å². The molecule has 5 nitrogen and oxygen atoms in total. The first kappa shape index (κ1) is 18.6. The average Bonchev–Trinajstić information content (AvgIpc) is 3.26. The second-order valence-electron chi connectivity index (χ2n) is 7.57. The summed E-state index contributed by atoms with van der Waals surface area (Å²) in [5.41, 5.74) is 2.42. The molecule has 3 aromatic rings. The van der Waals surface area contributed by atoms with Gasteiger partial charge in [-0.2, -0.15) is 0 Å². The van der Waals surface area contributed by atoms with E-state index in [4.69, 9.17) is 9.47 Å². The van der Waals surface area contributed by atoms with Crippen molar-refractivity contribution in [2.45, 2.75) is 6.42 Å². The Morgan fingerprint density at radius 3 is 2.93 bits per heavy atom. The SMILES string of the molecule is c1cc(N2CCN(CCCOc3ccc4c(c3)NCCO4)CC2)c2ccsc2c1. The fourth-order valence-corrected chi connectivity index (χ4v) is 4.96. The van der Waals surface area contributed by atoms with Crippen LogP contribution in [0.2, 0.25) is 0 Å². The van der Waals surface area contributed by atoms with Gasteiger partial charge in [-0.05, 0) is 42.1 Å². The van der Waals surface area contributed by atoms with Gasteiger partial charge in [0.25, 0.3) is 0 Å². The minimum atomic E-state index is 0.725. The van der Waals surface area contributed by atoms with Gasteiger partial charge >= 0.3 is 0 Å². The summed E-state index contributed by atoms with van der Waals surface area (Å²) in [5, 5.41) is 6.94. The largest absolute Gasteiger partial charge is 0.493 e. The lowest BCUT2D eigenvalue weighted by Crippen LogP contribution is -2.46. The van der Waals surface area contributed by atoms with Crippen molar-refractivity contribution in [3.63, 3.8) is 0 Å². The zero-order valence-electron chi connectivity index (χ0n) is 16.6. The number of nitrogens with zero attached hydrogens (tertiary/aromatic N) is 2. The van der Waals surface area contributed by atoms with Crippen LogP contribution in [0.3, 0.4) is 0 Å². The first-order valence-electron chi connectivity index (χ1n) is 10.4. The van der Waals surface area contributed by atoms with Crippen LogP contribution in [0.25, 0.3) is 10.1 Å². The molecule has 0 aliphatic carbocycles. The Bertz CT molecular complexity index is 966. The zero-order valence-corrected chi connectivity index (χ0v) is 17.4. The van der Waals surface area contributed by atoms with E-state index in [2.05, 4.69) is 44.8 Å². The van der Waals surface area contributed by atoms with Crippen molar-refractivity contribution < 1.29 is 9.47 Å². The molecule has 2 aliphatic heterocycles. The van der Waals surface area contributed by atoms with Crippen LogP contribution in [0, 0.1) is 0 Å². The topological polar surface area (TPSA) is 37.0 Å². The van der Waals surface area contributed by atoms with E-state index in [-0.39, 0.29) is 0 Å². The van der Waals surface area contributed by atoms with Gasteiger partial charge in [-0.15, -0.1) is 11.3 Å². The number of hydrogen-bond acceptors (Lipinski definition) is 6. The van der Waals surface area contributed by atoms with E-state index >= 15 is 0 Å². The van der Waals surface area contributed by atoms with E-state index < -0.39 is 0 Å². The van der Waals surface area contributed by atoms with Gasteiger partial charge in [-0.25, -0.2) is 0 Å². The molecule has 0 radical (unpaired) electrons. The summed E-state index contributed by atoms with van der Waals surface area (Å²) in [6, 6.07) is 14.9. The number of fused-ring (bicyclic) bond motifs is 2. The summed E-state index contributed by atoms with van der Waals surface area (Å²) < 4.78 is 13.0. The van der Waals surface area contributed by atoms with Crippen LogP contribution in [0.1, 0.15) is 6.42 Å². The van der Waals surface area contributed by atoms with Crippen LogP contribution in [-0.2, 0) is 0 Å². The number of thiophene rings is 1. The van der Waals surface area contributed by atoms with E-state index in [1.807, 2.05) is 29.5 Å². The van der Waals surface area contributed by atoms with Gasteiger partial charge in [0, 0.05) is 61.1 Å². The maximum absolute atomic E-state index is 5.96. The molecule has 29 heavy (non-hydrogen) atoms. The average molecular weight is 410 g/mol. The Morgan fingerprint density at radius 1 is 1.07 bits per heavy atom. The van der Waals surface area contributed by atoms with Crippen LogP contribution < -0.4 is 19.7 Å². The molecule has 0 atom stereocenters. The predicted octanol–water partition coefficient (Wildman–Crippen LogP) is 4.30. The van der Waals surface area contributed by atoms with Crippen LogP contribution in [0.4, 0.5) is 11.4 Å². The molecule has 2 aliphatic rings. The third kappa shape index (κ3) is 4.14. The standard InChI is InChI=1S/C23H27N3O2S/c1-3-21(19-7-16-29-23(19)4-1)26-12-10-25(11-13-26)9-2-14-27-18-5-6-22-20(17-18)24-8-15-28-22/h1,3-7,16-17,24H,2,8-15H2. The predicted molar refractivity (Wildman–Crippen MR) is 121 cm³/mol. The van der Waals surface area contributed by atoms with Crippen molar-refractivity contribution in [3.8, 4) is 11.5 Å². The second kappa shape index (κ2) is 8.51. The molecule has 6 heteroatoms. The molecular weight excluding hydrogens is 382 g/mol. The van der Waals surface area contributed by atoms with Gasteiger partial charge in [-0.1, -0.05) is 6.07 Å².